The number of halogens is 4. The number of nitro benzene ring substituents is 1. The van der Waals surface area contributed by atoms with Crippen LogP contribution in [0.3, 0.4) is 0 Å². The van der Waals surface area contributed by atoms with Crippen molar-refractivity contribution in [2.75, 3.05) is 17.6 Å². The zero-order valence-corrected chi connectivity index (χ0v) is 9.65. The van der Waals surface area contributed by atoms with E-state index in [0.717, 1.165) is 18.2 Å². The second kappa shape index (κ2) is 5.89. The van der Waals surface area contributed by atoms with Crippen LogP contribution in [-0.2, 0) is 0 Å². The van der Waals surface area contributed by atoms with Crippen molar-refractivity contribution in [3.63, 3.8) is 0 Å². The van der Waals surface area contributed by atoms with Gasteiger partial charge in [-0.1, -0.05) is 0 Å². The molecule has 0 saturated carbocycles. The molecule has 0 fully saturated rings. The van der Waals surface area contributed by atoms with E-state index in [0.29, 0.717) is 0 Å². The Bertz CT molecular complexity index is 439. The monoisotopic (exact) mass is 284 g/mol. The number of rotatable bonds is 5. The van der Waals surface area contributed by atoms with E-state index in [-0.39, 0.29) is 35.4 Å². The van der Waals surface area contributed by atoms with E-state index < -0.39 is 16.2 Å². The molecule has 0 saturated heterocycles. The zero-order chi connectivity index (χ0) is 13.8. The van der Waals surface area contributed by atoms with Gasteiger partial charge in [0, 0.05) is 24.4 Å². The molecular weight excluding hydrogens is 276 g/mol. The molecule has 0 heterocycles. The standard InChI is InChI=1S/C9H8F4N2O2S/c10-6-1-2-8(15(16)17)7(5-6)14-3-4-18-9(11,12)13/h1-2,5,14H,3-4H2. The predicted octanol–water partition coefficient (Wildman–Crippen LogP) is 3.40. The minimum Gasteiger partial charge on any atom is -0.379 e. The van der Waals surface area contributed by atoms with Crippen LogP contribution in [0.25, 0.3) is 0 Å². The molecular formula is C9H8F4N2O2S. The van der Waals surface area contributed by atoms with Gasteiger partial charge in [-0.15, -0.1) is 0 Å². The minimum absolute atomic E-state index is 0.136. The molecule has 0 aliphatic heterocycles. The van der Waals surface area contributed by atoms with Crippen molar-refractivity contribution in [3.8, 4) is 0 Å². The number of nitro groups is 1. The summed E-state index contributed by atoms with van der Waals surface area (Å²) in [6, 6.07) is 2.73. The lowest BCUT2D eigenvalue weighted by atomic mass is 10.2. The van der Waals surface area contributed by atoms with Gasteiger partial charge in [0.15, 0.2) is 0 Å². The molecule has 100 valence electrons. The summed E-state index contributed by atoms with van der Waals surface area (Å²) in [5.41, 5.74) is -4.87. The van der Waals surface area contributed by atoms with Crippen molar-refractivity contribution < 1.29 is 22.5 Å². The topological polar surface area (TPSA) is 55.2 Å². The average Bonchev–Trinajstić information content (AvgIpc) is 2.22. The number of nitrogens with zero attached hydrogens (tertiary/aromatic N) is 1. The highest BCUT2D eigenvalue weighted by molar-refractivity contribution is 8.00. The third kappa shape index (κ3) is 4.78. The number of nitrogens with one attached hydrogen (secondary N) is 1. The zero-order valence-electron chi connectivity index (χ0n) is 8.83. The number of anilines is 1. The van der Waals surface area contributed by atoms with Crippen LogP contribution in [0.4, 0.5) is 28.9 Å². The van der Waals surface area contributed by atoms with Crippen LogP contribution < -0.4 is 5.32 Å². The molecule has 4 nitrogen and oxygen atoms in total. The van der Waals surface area contributed by atoms with E-state index >= 15 is 0 Å². The van der Waals surface area contributed by atoms with Crippen LogP contribution in [0.1, 0.15) is 0 Å². The number of benzene rings is 1. The van der Waals surface area contributed by atoms with Gasteiger partial charge in [-0.25, -0.2) is 4.39 Å². The van der Waals surface area contributed by atoms with Gasteiger partial charge in [0.05, 0.1) is 4.92 Å². The highest BCUT2D eigenvalue weighted by atomic mass is 32.2. The SMILES string of the molecule is O=[N+]([O-])c1ccc(F)cc1NCCSC(F)(F)F. The smallest absolute Gasteiger partial charge is 0.379 e. The Labute approximate surface area is 104 Å². The third-order valence-corrected chi connectivity index (χ3v) is 2.57. The molecule has 0 amide bonds. The van der Waals surface area contributed by atoms with E-state index in [1.807, 2.05) is 0 Å². The van der Waals surface area contributed by atoms with Crippen LogP contribution in [0.5, 0.6) is 0 Å². The molecule has 1 N–H and O–H groups in total. The van der Waals surface area contributed by atoms with Crippen LogP contribution >= 0.6 is 11.8 Å². The largest absolute Gasteiger partial charge is 0.441 e. The van der Waals surface area contributed by atoms with E-state index in [1.54, 1.807) is 0 Å². The summed E-state index contributed by atoms with van der Waals surface area (Å²) in [6.07, 6.45) is 0. The Morgan fingerprint density at radius 1 is 1.39 bits per heavy atom. The molecule has 18 heavy (non-hydrogen) atoms. The maximum atomic E-state index is 12.9. The normalized spacial score (nSPS) is 11.3. The number of alkyl halides is 3. The van der Waals surface area contributed by atoms with Crippen LogP contribution in [-0.4, -0.2) is 22.7 Å². The van der Waals surface area contributed by atoms with Crippen molar-refractivity contribution >= 4 is 23.1 Å². The second-order valence-corrected chi connectivity index (χ2v) is 4.30. The molecule has 0 radical (unpaired) electrons. The van der Waals surface area contributed by atoms with E-state index in [2.05, 4.69) is 5.32 Å². The first-order valence-corrected chi connectivity index (χ1v) is 5.66. The highest BCUT2D eigenvalue weighted by Crippen LogP contribution is 2.30. The number of hydrogen-bond acceptors (Lipinski definition) is 4. The summed E-state index contributed by atoms with van der Waals surface area (Å²) in [6.45, 7) is -0.158. The van der Waals surface area contributed by atoms with Gasteiger partial charge in [0.2, 0.25) is 0 Å². The van der Waals surface area contributed by atoms with E-state index in [1.165, 1.54) is 0 Å². The molecule has 1 rings (SSSR count). The quantitative estimate of drug-likeness (QED) is 0.390. The molecule has 0 spiro atoms. The summed E-state index contributed by atoms with van der Waals surface area (Å²) >= 11 is -0.255. The van der Waals surface area contributed by atoms with E-state index in [9.17, 15) is 27.7 Å². The Balaban J connectivity index is 2.61. The Morgan fingerprint density at radius 3 is 2.61 bits per heavy atom. The van der Waals surface area contributed by atoms with Gasteiger partial charge >= 0.3 is 5.51 Å². The molecule has 1 aromatic rings. The maximum absolute atomic E-state index is 12.9. The minimum atomic E-state index is -4.35. The Morgan fingerprint density at radius 2 is 2.06 bits per heavy atom. The lowest BCUT2D eigenvalue weighted by molar-refractivity contribution is -0.384. The fourth-order valence-electron chi connectivity index (χ4n) is 1.16. The third-order valence-electron chi connectivity index (χ3n) is 1.84. The fourth-order valence-corrected chi connectivity index (χ4v) is 1.60. The van der Waals surface area contributed by atoms with Crippen molar-refractivity contribution in [1.29, 1.82) is 0 Å². The van der Waals surface area contributed by atoms with Gasteiger partial charge in [-0.3, -0.25) is 10.1 Å². The van der Waals surface area contributed by atoms with Gasteiger partial charge in [0.1, 0.15) is 11.5 Å². The van der Waals surface area contributed by atoms with Crippen LogP contribution in [0.15, 0.2) is 18.2 Å². The first kappa shape index (κ1) is 14.6. The number of thioether (sulfide) groups is 1. The van der Waals surface area contributed by atoms with Crippen molar-refractivity contribution in [2.24, 2.45) is 0 Å². The van der Waals surface area contributed by atoms with Gasteiger partial charge in [-0.05, 0) is 17.8 Å². The predicted molar refractivity (Wildman–Crippen MR) is 60.1 cm³/mol. The molecule has 0 unspecified atom stereocenters. The molecule has 0 aliphatic rings. The van der Waals surface area contributed by atoms with Crippen LogP contribution in [0, 0.1) is 15.9 Å². The Hall–Kier alpha value is -1.51. The fraction of sp³-hybridized carbons (Fsp3) is 0.333. The maximum Gasteiger partial charge on any atom is 0.441 e. The molecule has 0 aliphatic carbocycles. The number of hydrogen-bond donors (Lipinski definition) is 1. The summed E-state index contributed by atoms with van der Waals surface area (Å²) < 4.78 is 48.3. The summed E-state index contributed by atoms with van der Waals surface area (Å²) in [5, 5.41) is 13.0. The molecule has 0 atom stereocenters. The van der Waals surface area contributed by atoms with Crippen molar-refractivity contribution in [2.45, 2.75) is 5.51 Å². The van der Waals surface area contributed by atoms with Gasteiger partial charge < -0.3 is 5.32 Å². The highest BCUT2D eigenvalue weighted by Gasteiger charge is 2.27. The molecule has 9 heteroatoms. The summed E-state index contributed by atoms with van der Waals surface area (Å²) in [7, 11) is 0. The summed E-state index contributed by atoms with van der Waals surface area (Å²) in [4.78, 5) is 9.85. The first-order valence-electron chi connectivity index (χ1n) is 4.68. The molecule has 0 aromatic heterocycles. The van der Waals surface area contributed by atoms with Crippen LogP contribution in [0.2, 0.25) is 0 Å². The second-order valence-electron chi connectivity index (χ2n) is 3.14. The van der Waals surface area contributed by atoms with Gasteiger partial charge in [-0.2, -0.15) is 13.2 Å². The first-order chi connectivity index (χ1) is 8.29. The van der Waals surface area contributed by atoms with Crippen molar-refractivity contribution in [1.82, 2.24) is 0 Å². The Kier molecular flexibility index (Phi) is 4.76. The summed E-state index contributed by atoms with van der Waals surface area (Å²) in [5.74, 6) is -1.02. The van der Waals surface area contributed by atoms with Gasteiger partial charge in [0.25, 0.3) is 5.69 Å². The molecule has 0 bridgehead atoms. The lowest BCUT2D eigenvalue weighted by Gasteiger charge is -2.08. The average molecular weight is 284 g/mol. The lowest BCUT2D eigenvalue weighted by Crippen LogP contribution is -2.10. The van der Waals surface area contributed by atoms with E-state index in [4.69, 9.17) is 0 Å². The van der Waals surface area contributed by atoms with Crippen molar-refractivity contribution in [3.05, 3.63) is 34.1 Å². The molecule has 1 aromatic carbocycles.